The first-order valence-electron chi connectivity index (χ1n) is 7.68. The summed E-state index contributed by atoms with van der Waals surface area (Å²) < 4.78 is 0. The lowest BCUT2D eigenvalue weighted by Crippen LogP contribution is -2.34. The predicted octanol–water partition coefficient (Wildman–Crippen LogP) is 3.27. The first-order valence-corrected chi connectivity index (χ1v) is 7.68. The Morgan fingerprint density at radius 2 is 1.95 bits per heavy atom. The number of anilines is 2. The number of nitrogens with zero attached hydrogens (tertiary/aromatic N) is 2. The molecule has 0 radical (unpaired) electrons. The fourth-order valence-corrected chi connectivity index (χ4v) is 2.67. The molecule has 0 spiro atoms. The van der Waals surface area contributed by atoms with Gasteiger partial charge in [0.25, 0.3) is 0 Å². The SMILES string of the molecule is CCN(CC)CC(C)Nc1ccc(N)c2cnc(C)cc12. The molecule has 1 atom stereocenters. The zero-order chi connectivity index (χ0) is 15.4. The van der Waals surface area contributed by atoms with Crippen LogP contribution in [0.5, 0.6) is 0 Å². The van der Waals surface area contributed by atoms with Crippen molar-refractivity contribution in [3.63, 3.8) is 0 Å². The molecule has 114 valence electrons. The van der Waals surface area contributed by atoms with Crippen molar-refractivity contribution in [2.45, 2.75) is 33.7 Å². The zero-order valence-electron chi connectivity index (χ0n) is 13.5. The third-order valence-corrected chi connectivity index (χ3v) is 3.90. The van der Waals surface area contributed by atoms with Crippen LogP contribution in [0.25, 0.3) is 10.8 Å². The van der Waals surface area contributed by atoms with Gasteiger partial charge in [-0.3, -0.25) is 4.98 Å². The standard InChI is InChI=1S/C17H26N4/c1-5-21(6-2)11-13(4)20-17-8-7-16(18)15-10-19-12(3)9-14(15)17/h7-10,13,20H,5-6,11,18H2,1-4H3. The van der Waals surface area contributed by atoms with E-state index >= 15 is 0 Å². The van der Waals surface area contributed by atoms with Gasteiger partial charge in [-0.15, -0.1) is 0 Å². The summed E-state index contributed by atoms with van der Waals surface area (Å²) in [6, 6.07) is 6.49. The van der Waals surface area contributed by atoms with Crippen molar-refractivity contribution in [2.75, 3.05) is 30.7 Å². The summed E-state index contributed by atoms with van der Waals surface area (Å²) in [7, 11) is 0. The molecule has 0 saturated carbocycles. The van der Waals surface area contributed by atoms with Gasteiger partial charge in [0, 0.05) is 46.6 Å². The maximum absolute atomic E-state index is 6.05. The summed E-state index contributed by atoms with van der Waals surface area (Å²) in [6.45, 7) is 11.8. The number of nitrogens with one attached hydrogen (secondary N) is 1. The topological polar surface area (TPSA) is 54.2 Å². The number of hydrogen-bond donors (Lipinski definition) is 2. The second-order valence-electron chi connectivity index (χ2n) is 5.60. The van der Waals surface area contributed by atoms with Crippen molar-refractivity contribution in [2.24, 2.45) is 0 Å². The van der Waals surface area contributed by atoms with E-state index in [-0.39, 0.29) is 0 Å². The number of rotatable bonds is 6. The Labute approximate surface area is 127 Å². The van der Waals surface area contributed by atoms with Crippen LogP contribution in [0.2, 0.25) is 0 Å². The number of hydrogen-bond acceptors (Lipinski definition) is 4. The van der Waals surface area contributed by atoms with E-state index in [1.54, 1.807) is 0 Å². The van der Waals surface area contributed by atoms with Gasteiger partial charge in [0.05, 0.1) is 0 Å². The van der Waals surface area contributed by atoms with E-state index in [1.807, 2.05) is 19.2 Å². The van der Waals surface area contributed by atoms with E-state index in [4.69, 9.17) is 5.73 Å². The van der Waals surface area contributed by atoms with Crippen LogP contribution in [0.1, 0.15) is 26.5 Å². The second kappa shape index (κ2) is 6.76. The van der Waals surface area contributed by atoms with Gasteiger partial charge in [0.1, 0.15) is 0 Å². The first-order chi connectivity index (χ1) is 10.0. The van der Waals surface area contributed by atoms with Gasteiger partial charge in [-0.25, -0.2) is 0 Å². The lowest BCUT2D eigenvalue weighted by molar-refractivity contribution is 0.295. The molecule has 0 fully saturated rings. The van der Waals surface area contributed by atoms with E-state index in [0.29, 0.717) is 6.04 Å². The summed E-state index contributed by atoms with van der Waals surface area (Å²) in [4.78, 5) is 6.77. The van der Waals surface area contributed by atoms with Crippen LogP contribution in [0.15, 0.2) is 24.4 Å². The molecule has 21 heavy (non-hydrogen) atoms. The number of nitrogen functional groups attached to an aromatic ring is 1. The molecular weight excluding hydrogens is 260 g/mol. The van der Waals surface area contributed by atoms with Gasteiger partial charge in [-0.2, -0.15) is 0 Å². The van der Waals surface area contributed by atoms with Gasteiger partial charge in [0.15, 0.2) is 0 Å². The third-order valence-electron chi connectivity index (χ3n) is 3.90. The Kier molecular flexibility index (Phi) is 5.02. The molecule has 0 bridgehead atoms. The molecule has 0 aliphatic carbocycles. The molecule has 0 saturated heterocycles. The zero-order valence-corrected chi connectivity index (χ0v) is 13.5. The lowest BCUT2D eigenvalue weighted by atomic mass is 10.1. The molecule has 0 amide bonds. The van der Waals surface area contributed by atoms with Crippen LogP contribution in [-0.4, -0.2) is 35.6 Å². The average Bonchev–Trinajstić information content (AvgIpc) is 2.47. The van der Waals surface area contributed by atoms with Crippen LogP contribution < -0.4 is 11.1 Å². The van der Waals surface area contributed by atoms with Crippen molar-refractivity contribution >= 4 is 22.1 Å². The maximum atomic E-state index is 6.05. The molecule has 1 aromatic heterocycles. The van der Waals surface area contributed by atoms with E-state index in [0.717, 1.165) is 47.5 Å². The molecule has 0 aliphatic heterocycles. The highest BCUT2D eigenvalue weighted by atomic mass is 15.1. The van der Waals surface area contributed by atoms with Crippen LogP contribution in [0.4, 0.5) is 11.4 Å². The summed E-state index contributed by atoms with van der Waals surface area (Å²) in [5, 5.41) is 5.78. The van der Waals surface area contributed by atoms with Crippen molar-refractivity contribution in [3.8, 4) is 0 Å². The molecule has 2 rings (SSSR count). The minimum atomic E-state index is 0.380. The van der Waals surface area contributed by atoms with Gasteiger partial charge < -0.3 is 16.0 Å². The first kappa shape index (κ1) is 15.6. The van der Waals surface area contributed by atoms with E-state index in [9.17, 15) is 0 Å². The van der Waals surface area contributed by atoms with Crippen molar-refractivity contribution in [1.29, 1.82) is 0 Å². The number of fused-ring (bicyclic) bond motifs is 1. The fraction of sp³-hybridized carbons (Fsp3) is 0.471. The summed E-state index contributed by atoms with van der Waals surface area (Å²) >= 11 is 0. The number of aromatic nitrogens is 1. The largest absolute Gasteiger partial charge is 0.398 e. The fourth-order valence-electron chi connectivity index (χ4n) is 2.67. The molecule has 2 aromatic rings. The molecule has 1 heterocycles. The number of pyridine rings is 1. The number of nitrogens with two attached hydrogens (primary N) is 1. The Hall–Kier alpha value is -1.81. The molecular formula is C17H26N4. The molecule has 4 heteroatoms. The summed E-state index contributed by atoms with van der Waals surface area (Å²) in [5.74, 6) is 0. The highest BCUT2D eigenvalue weighted by Crippen LogP contribution is 2.28. The quantitative estimate of drug-likeness (QED) is 0.800. The predicted molar refractivity (Wildman–Crippen MR) is 91.8 cm³/mol. The normalized spacial score (nSPS) is 12.8. The van der Waals surface area contributed by atoms with Crippen molar-refractivity contribution in [3.05, 3.63) is 30.1 Å². The molecule has 1 unspecified atom stereocenters. The molecule has 4 nitrogen and oxygen atoms in total. The van der Waals surface area contributed by atoms with Crippen LogP contribution in [0.3, 0.4) is 0 Å². The minimum Gasteiger partial charge on any atom is -0.398 e. The number of aryl methyl sites for hydroxylation is 1. The molecule has 0 aliphatic rings. The van der Waals surface area contributed by atoms with E-state index in [2.05, 4.69) is 48.1 Å². The molecule has 3 N–H and O–H groups in total. The monoisotopic (exact) mass is 286 g/mol. The van der Waals surface area contributed by atoms with Gasteiger partial charge >= 0.3 is 0 Å². The van der Waals surface area contributed by atoms with Crippen LogP contribution >= 0.6 is 0 Å². The second-order valence-corrected chi connectivity index (χ2v) is 5.60. The smallest absolute Gasteiger partial charge is 0.0425 e. The third kappa shape index (κ3) is 3.64. The summed E-state index contributed by atoms with van der Waals surface area (Å²) in [5.41, 5.74) is 8.97. The van der Waals surface area contributed by atoms with Crippen molar-refractivity contribution < 1.29 is 0 Å². The van der Waals surface area contributed by atoms with Crippen molar-refractivity contribution in [1.82, 2.24) is 9.88 Å². The lowest BCUT2D eigenvalue weighted by Gasteiger charge is -2.24. The highest BCUT2D eigenvalue weighted by Gasteiger charge is 2.10. The maximum Gasteiger partial charge on any atom is 0.0425 e. The minimum absolute atomic E-state index is 0.380. The van der Waals surface area contributed by atoms with E-state index < -0.39 is 0 Å². The Morgan fingerprint density at radius 3 is 2.62 bits per heavy atom. The number of benzene rings is 1. The van der Waals surface area contributed by atoms with Gasteiger partial charge in [0.2, 0.25) is 0 Å². The Balaban J connectivity index is 2.26. The average molecular weight is 286 g/mol. The summed E-state index contributed by atoms with van der Waals surface area (Å²) in [6.07, 6.45) is 1.86. The van der Waals surface area contributed by atoms with Gasteiger partial charge in [-0.05, 0) is 45.1 Å². The van der Waals surface area contributed by atoms with Crippen LogP contribution in [0, 0.1) is 6.92 Å². The Bertz CT molecular complexity index is 605. The van der Waals surface area contributed by atoms with Gasteiger partial charge in [-0.1, -0.05) is 13.8 Å². The molecule has 1 aromatic carbocycles. The van der Waals surface area contributed by atoms with E-state index in [1.165, 1.54) is 0 Å². The number of likely N-dealkylation sites (N-methyl/N-ethyl adjacent to an activating group) is 1. The highest BCUT2D eigenvalue weighted by molar-refractivity contribution is 6.00. The van der Waals surface area contributed by atoms with Crippen LogP contribution in [-0.2, 0) is 0 Å². The Morgan fingerprint density at radius 1 is 1.24 bits per heavy atom.